The number of nitrogens with two attached hydrogens (primary N) is 1. The Kier molecular flexibility index (Phi) is 3.65. The maximum atomic E-state index is 13.2. The van der Waals surface area contributed by atoms with Crippen molar-refractivity contribution >= 4 is 11.5 Å². The Balaban J connectivity index is 2.28. The Bertz CT molecular complexity index is 614. The van der Waals surface area contributed by atoms with Gasteiger partial charge in [0.05, 0.1) is 0 Å². The van der Waals surface area contributed by atoms with Crippen LogP contribution in [0.1, 0.15) is 27.0 Å². The Hall–Kier alpha value is -2.16. The fourth-order valence-electron chi connectivity index (χ4n) is 2.22. The van der Waals surface area contributed by atoms with Crippen LogP contribution < -0.4 is 5.73 Å². The molecule has 0 radical (unpaired) electrons. The quantitative estimate of drug-likeness (QED) is 0.676. The molecule has 0 saturated carbocycles. The molecule has 0 aliphatic carbocycles. The lowest BCUT2D eigenvalue weighted by molar-refractivity contribution is 0.0993. The first-order chi connectivity index (χ1) is 8.95. The molecule has 0 aromatic heterocycles. The van der Waals surface area contributed by atoms with Crippen LogP contribution in [0.4, 0.5) is 10.1 Å². The van der Waals surface area contributed by atoms with Crippen molar-refractivity contribution in [2.45, 2.75) is 20.3 Å². The van der Waals surface area contributed by atoms with Gasteiger partial charge in [-0.25, -0.2) is 4.39 Å². The Morgan fingerprint density at radius 1 is 1.11 bits per heavy atom. The molecule has 0 aliphatic heterocycles. The molecular weight excluding hydrogens is 241 g/mol. The number of hydrogen-bond acceptors (Lipinski definition) is 2. The van der Waals surface area contributed by atoms with E-state index in [0.717, 1.165) is 16.7 Å². The van der Waals surface area contributed by atoms with E-state index in [1.165, 1.54) is 18.2 Å². The summed E-state index contributed by atoms with van der Waals surface area (Å²) >= 11 is 0. The molecule has 0 aliphatic rings. The van der Waals surface area contributed by atoms with E-state index in [4.69, 9.17) is 5.73 Å². The van der Waals surface area contributed by atoms with Gasteiger partial charge < -0.3 is 5.73 Å². The molecule has 0 bridgehead atoms. The molecule has 0 fully saturated rings. The van der Waals surface area contributed by atoms with E-state index >= 15 is 0 Å². The number of anilines is 1. The number of nitrogen functional groups attached to an aromatic ring is 1. The van der Waals surface area contributed by atoms with E-state index < -0.39 is 5.82 Å². The highest BCUT2D eigenvalue weighted by Crippen LogP contribution is 2.17. The van der Waals surface area contributed by atoms with E-state index in [1.807, 2.05) is 32.0 Å². The molecule has 19 heavy (non-hydrogen) atoms. The second kappa shape index (κ2) is 5.22. The van der Waals surface area contributed by atoms with Crippen LogP contribution >= 0.6 is 0 Å². The molecule has 0 heterocycles. The lowest BCUT2D eigenvalue weighted by Crippen LogP contribution is -2.08. The molecule has 0 saturated heterocycles. The minimum Gasteiger partial charge on any atom is -0.398 e. The number of benzene rings is 2. The molecule has 0 amide bonds. The zero-order valence-electron chi connectivity index (χ0n) is 11.0. The maximum absolute atomic E-state index is 13.2. The Labute approximate surface area is 112 Å². The van der Waals surface area contributed by atoms with E-state index in [1.54, 1.807) is 0 Å². The molecule has 2 nitrogen and oxygen atoms in total. The minimum atomic E-state index is -0.446. The van der Waals surface area contributed by atoms with Crippen LogP contribution in [-0.2, 0) is 6.42 Å². The van der Waals surface area contributed by atoms with Gasteiger partial charge in [0.25, 0.3) is 0 Å². The molecule has 2 rings (SSSR count). The summed E-state index contributed by atoms with van der Waals surface area (Å²) < 4.78 is 13.2. The van der Waals surface area contributed by atoms with Crippen molar-refractivity contribution in [3.05, 3.63) is 64.5 Å². The summed E-state index contributed by atoms with van der Waals surface area (Å²) in [4.78, 5) is 12.2. The molecule has 98 valence electrons. The number of hydrogen-bond donors (Lipinski definition) is 1. The van der Waals surface area contributed by atoms with E-state index in [0.29, 0.717) is 5.69 Å². The molecule has 0 spiro atoms. The maximum Gasteiger partial charge on any atom is 0.169 e. The largest absolute Gasteiger partial charge is 0.398 e. The summed E-state index contributed by atoms with van der Waals surface area (Å²) in [7, 11) is 0. The van der Waals surface area contributed by atoms with Crippen LogP contribution in [0.3, 0.4) is 0 Å². The number of aryl methyl sites for hydroxylation is 2. The number of carbonyl (C=O) groups excluding carboxylic acids is 1. The zero-order chi connectivity index (χ0) is 14.0. The second-order valence-electron chi connectivity index (χ2n) is 4.83. The van der Waals surface area contributed by atoms with Crippen LogP contribution in [0.15, 0.2) is 36.4 Å². The van der Waals surface area contributed by atoms with Gasteiger partial charge in [-0.1, -0.05) is 29.3 Å². The lowest BCUT2D eigenvalue weighted by atomic mass is 9.99. The highest BCUT2D eigenvalue weighted by Gasteiger charge is 2.12. The highest BCUT2D eigenvalue weighted by molar-refractivity contribution is 6.01. The number of ketones is 1. The van der Waals surface area contributed by atoms with Crippen molar-refractivity contribution in [1.29, 1.82) is 0 Å². The molecule has 2 N–H and O–H groups in total. The second-order valence-corrected chi connectivity index (χ2v) is 4.83. The normalized spacial score (nSPS) is 10.5. The third-order valence-electron chi connectivity index (χ3n) is 2.96. The van der Waals surface area contributed by atoms with Crippen molar-refractivity contribution in [1.82, 2.24) is 0 Å². The van der Waals surface area contributed by atoms with Crippen molar-refractivity contribution < 1.29 is 9.18 Å². The number of halogens is 1. The number of carbonyl (C=O) groups is 1. The third-order valence-corrected chi connectivity index (χ3v) is 2.96. The summed E-state index contributed by atoms with van der Waals surface area (Å²) in [5.74, 6) is -0.611. The Morgan fingerprint density at radius 3 is 2.37 bits per heavy atom. The van der Waals surface area contributed by atoms with Gasteiger partial charge in [-0.2, -0.15) is 0 Å². The van der Waals surface area contributed by atoms with Gasteiger partial charge in [0.1, 0.15) is 5.82 Å². The van der Waals surface area contributed by atoms with Gasteiger partial charge in [0, 0.05) is 17.7 Å². The molecule has 3 heteroatoms. The third kappa shape index (κ3) is 3.19. The van der Waals surface area contributed by atoms with Gasteiger partial charge in [0.2, 0.25) is 0 Å². The smallest absolute Gasteiger partial charge is 0.169 e. The fraction of sp³-hybridized carbons (Fsp3) is 0.188. The van der Waals surface area contributed by atoms with Gasteiger partial charge in [-0.15, -0.1) is 0 Å². The predicted octanol–water partition coefficient (Wildman–Crippen LogP) is 3.45. The summed E-state index contributed by atoms with van der Waals surface area (Å²) in [6.07, 6.45) is 0.232. The van der Waals surface area contributed by atoms with E-state index in [9.17, 15) is 9.18 Å². The monoisotopic (exact) mass is 257 g/mol. The average molecular weight is 257 g/mol. The Morgan fingerprint density at radius 2 is 1.74 bits per heavy atom. The zero-order valence-corrected chi connectivity index (χ0v) is 11.0. The number of Topliss-reactive ketones (excluding diaryl/α,β-unsaturated/α-hetero) is 1. The van der Waals surface area contributed by atoms with Crippen LogP contribution in [0.5, 0.6) is 0 Å². The van der Waals surface area contributed by atoms with Gasteiger partial charge in [-0.3, -0.25) is 4.79 Å². The summed E-state index contributed by atoms with van der Waals surface area (Å²) in [6.45, 7) is 3.97. The van der Waals surface area contributed by atoms with Crippen molar-refractivity contribution in [2.75, 3.05) is 5.73 Å². The highest BCUT2D eigenvalue weighted by atomic mass is 19.1. The number of rotatable bonds is 3. The topological polar surface area (TPSA) is 43.1 Å². The first kappa shape index (κ1) is 13.3. The van der Waals surface area contributed by atoms with Crippen molar-refractivity contribution in [3.8, 4) is 0 Å². The predicted molar refractivity (Wildman–Crippen MR) is 74.8 cm³/mol. The first-order valence-electron chi connectivity index (χ1n) is 6.11. The molecule has 2 aromatic carbocycles. The molecule has 0 atom stereocenters. The lowest BCUT2D eigenvalue weighted by Gasteiger charge is -2.07. The van der Waals surface area contributed by atoms with E-state index in [-0.39, 0.29) is 17.8 Å². The molecular formula is C16H16FNO. The van der Waals surface area contributed by atoms with Gasteiger partial charge in [-0.05, 0) is 37.6 Å². The minimum absolute atomic E-state index is 0.165. The van der Waals surface area contributed by atoms with Crippen LogP contribution in [0, 0.1) is 19.7 Å². The van der Waals surface area contributed by atoms with Crippen LogP contribution in [0.2, 0.25) is 0 Å². The van der Waals surface area contributed by atoms with E-state index in [2.05, 4.69) is 0 Å². The first-order valence-corrected chi connectivity index (χ1v) is 6.11. The summed E-state index contributed by atoms with van der Waals surface area (Å²) in [5, 5.41) is 0. The molecule has 0 unspecified atom stereocenters. The average Bonchev–Trinajstić information content (AvgIpc) is 2.30. The molecule has 2 aromatic rings. The van der Waals surface area contributed by atoms with Crippen LogP contribution in [0.25, 0.3) is 0 Å². The SMILES string of the molecule is Cc1cc(C)cc(CC(=O)c2cc(F)ccc2N)c1. The fourth-order valence-corrected chi connectivity index (χ4v) is 2.22. The van der Waals surface area contributed by atoms with Gasteiger partial charge >= 0.3 is 0 Å². The van der Waals surface area contributed by atoms with Crippen LogP contribution in [-0.4, -0.2) is 5.78 Å². The standard InChI is InChI=1S/C16H16FNO/c1-10-5-11(2)7-12(6-10)8-16(19)14-9-13(17)3-4-15(14)18/h3-7,9H,8,18H2,1-2H3. The van der Waals surface area contributed by atoms with Crippen molar-refractivity contribution in [2.24, 2.45) is 0 Å². The summed E-state index contributed by atoms with van der Waals surface area (Å²) in [6, 6.07) is 9.83. The van der Waals surface area contributed by atoms with Gasteiger partial charge in [0.15, 0.2) is 5.78 Å². The summed E-state index contributed by atoms with van der Waals surface area (Å²) in [5.41, 5.74) is 9.42. The van der Waals surface area contributed by atoms with Crippen molar-refractivity contribution in [3.63, 3.8) is 0 Å².